The molecule has 0 radical (unpaired) electrons. The van der Waals surface area contributed by atoms with Crippen LogP contribution in [0.1, 0.15) is 5.69 Å². The van der Waals surface area contributed by atoms with Crippen LogP contribution in [-0.2, 0) is 0 Å². The summed E-state index contributed by atoms with van der Waals surface area (Å²) in [4.78, 5) is 7.87. The van der Waals surface area contributed by atoms with Crippen molar-refractivity contribution in [1.82, 2.24) is 9.97 Å². The summed E-state index contributed by atoms with van der Waals surface area (Å²) in [5.41, 5.74) is 7.31. The smallest absolute Gasteiger partial charge is 0.224 e. The Kier molecular flexibility index (Phi) is 3.54. The summed E-state index contributed by atoms with van der Waals surface area (Å²) >= 11 is 11.4. The molecule has 0 aliphatic carbocycles. The number of hydrogen-bond acceptors (Lipinski definition) is 4. The zero-order valence-electron chi connectivity index (χ0n) is 9.34. The number of halogens is 3. The first-order valence-corrected chi connectivity index (χ1v) is 5.74. The quantitative estimate of drug-likeness (QED) is 0.829. The zero-order chi connectivity index (χ0) is 13.3. The highest BCUT2D eigenvalue weighted by atomic mass is 35.5. The number of benzene rings is 1. The molecule has 2 aromatic rings. The van der Waals surface area contributed by atoms with Gasteiger partial charge in [0.15, 0.2) is 5.82 Å². The molecule has 0 unspecified atom stereocenters. The van der Waals surface area contributed by atoms with Crippen LogP contribution in [-0.4, -0.2) is 9.97 Å². The Morgan fingerprint density at radius 1 is 1.28 bits per heavy atom. The van der Waals surface area contributed by atoms with E-state index in [9.17, 15) is 4.39 Å². The van der Waals surface area contributed by atoms with Crippen LogP contribution >= 0.6 is 23.2 Å². The fourth-order valence-corrected chi connectivity index (χ4v) is 1.75. The lowest BCUT2D eigenvalue weighted by Gasteiger charge is -2.10. The highest BCUT2D eigenvalue weighted by Gasteiger charge is 2.09. The predicted octanol–water partition coefficient (Wildman–Crippen LogP) is 3.56. The van der Waals surface area contributed by atoms with Crippen molar-refractivity contribution in [1.29, 1.82) is 0 Å². The standard InChI is InChI=1S/C11H9Cl2FN4/c1-5-9(15)10(18-11(13)16-5)17-6-2-3-8(14)7(12)4-6/h2-4H,15H2,1H3,(H,16,17,18). The summed E-state index contributed by atoms with van der Waals surface area (Å²) in [7, 11) is 0. The van der Waals surface area contributed by atoms with Crippen LogP contribution in [0.25, 0.3) is 0 Å². The number of aryl methyl sites for hydroxylation is 1. The largest absolute Gasteiger partial charge is 0.394 e. The molecular formula is C11H9Cl2FN4. The van der Waals surface area contributed by atoms with Crippen molar-refractivity contribution >= 4 is 40.4 Å². The van der Waals surface area contributed by atoms with Crippen LogP contribution in [0, 0.1) is 12.7 Å². The Balaban J connectivity index is 2.36. The van der Waals surface area contributed by atoms with Gasteiger partial charge in [-0.1, -0.05) is 11.6 Å². The number of nitrogens with one attached hydrogen (secondary N) is 1. The molecular weight excluding hydrogens is 278 g/mol. The Bertz CT molecular complexity index is 604. The lowest BCUT2D eigenvalue weighted by molar-refractivity contribution is 0.628. The van der Waals surface area contributed by atoms with Crippen molar-refractivity contribution in [2.75, 3.05) is 11.1 Å². The normalized spacial score (nSPS) is 10.4. The number of nitrogens with two attached hydrogens (primary N) is 1. The van der Waals surface area contributed by atoms with Crippen molar-refractivity contribution in [3.05, 3.63) is 40.0 Å². The molecule has 2 rings (SSSR count). The van der Waals surface area contributed by atoms with Crippen LogP contribution in [0.15, 0.2) is 18.2 Å². The van der Waals surface area contributed by atoms with E-state index in [2.05, 4.69) is 15.3 Å². The Labute approximate surface area is 113 Å². The highest BCUT2D eigenvalue weighted by molar-refractivity contribution is 6.31. The van der Waals surface area contributed by atoms with Gasteiger partial charge in [0.1, 0.15) is 5.82 Å². The minimum absolute atomic E-state index is 0.00967. The minimum Gasteiger partial charge on any atom is -0.394 e. The van der Waals surface area contributed by atoms with Gasteiger partial charge in [-0.2, -0.15) is 4.98 Å². The summed E-state index contributed by atoms with van der Waals surface area (Å²) in [5.74, 6) is -0.137. The second kappa shape index (κ2) is 4.96. The molecule has 0 saturated heterocycles. The second-order valence-electron chi connectivity index (χ2n) is 3.59. The van der Waals surface area contributed by atoms with Crippen LogP contribution in [0.5, 0.6) is 0 Å². The van der Waals surface area contributed by atoms with E-state index in [0.29, 0.717) is 22.9 Å². The topological polar surface area (TPSA) is 63.8 Å². The number of anilines is 3. The van der Waals surface area contributed by atoms with Gasteiger partial charge in [0.05, 0.1) is 16.4 Å². The molecule has 0 spiro atoms. The van der Waals surface area contributed by atoms with Crippen LogP contribution in [0.4, 0.5) is 21.6 Å². The first-order chi connectivity index (χ1) is 8.47. The molecule has 0 aliphatic heterocycles. The average molecular weight is 287 g/mol. The van der Waals surface area contributed by atoms with Crippen LogP contribution in [0.2, 0.25) is 10.3 Å². The fraction of sp³-hybridized carbons (Fsp3) is 0.0909. The van der Waals surface area contributed by atoms with Crippen molar-refractivity contribution < 1.29 is 4.39 Å². The lowest BCUT2D eigenvalue weighted by Crippen LogP contribution is -2.03. The summed E-state index contributed by atoms with van der Waals surface area (Å²) in [6.07, 6.45) is 0. The number of aromatic nitrogens is 2. The first kappa shape index (κ1) is 12.9. The number of nitrogen functional groups attached to an aromatic ring is 1. The summed E-state index contributed by atoms with van der Waals surface area (Å²) in [6.45, 7) is 1.71. The first-order valence-electron chi connectivity index (χ1n) is 4.99. The highest BCUT2D eigenvalue weighted by Crippen LogP contribution is 2.26. The van der Waals surface area contributed by atoms with Crippen molar-refractivity contribution in [2.45, 2.75) is 6.92 Å². The maximum Gasteiger partial charge on any atom is 0.224 e. The van der Waals surface area contributed by atoms with E-state index < -0.39 is 5.82 Å². The molecule has 0 amide bonds. The molecule has 0 saturated carbocycles. The van der Waals surface area contributed by atoms with Gasteiger partial charge >= 0.3 is 0 Å². The number of nitrogens with zero attached hydrogens (tertiary/aromatic N) is 2. The van der Waals surface area contributed by atoms with Gasteiger partial charge in [-0.05, 0) is 36.7 Å². The van der Waals surface area contributed by atoms with E-state index in [1.807, 2.05) is 0 Å². The molecule has 7 heteroatoms. The minimum atomic E-state index is -0.493. The van der Waals surface area contributed by atoms with E-state index in [-0.39, 0.29) is 10.3 Å². The number of hydrogen-bond donors (Lipinski definition) is 2. The number of rotatable bonds is 2. The molecule has 0 fully saturated rings. The Hall–Kier alpha value is -1.59. The van der Waals surface area contributed by atoms with E-state index in [1.165, 1.54) is 18.2 Å². The molecule has 18 heavy (non-hydrogen) atoms. The van der Waals surface area contributed by atoms with Crippen LogP contribution in [0.3, 0.4) is 0 Å². The maximum absolute atomic E-state index is 13.0. The molecule has 1 aromatic heterocycles. The SMILES string of the molecule is Cc1nc(Cl)nc(Nc2ccc(F)c(Cl)c2)c1N. The van der Waals surface area contributed by atoms with Gasteiger partial charge in [0.25, 0.3) is 0 Å². The van der Waals surface area contributed by atoms with Gasteiger partial charge < -0.3 is 11.1 Å². The monoisotopic (exact) mass is 286 g/mol. The molecule has 3 N–H and O–H groups in total. The van der Waals surface area contributed by atoms with Crippen LogP contribution < -0.4 is 11.1 Å². The molecule has 4 nitrogen and oxygen atoms in total. The van der Waals surface area contributed by atoms with Gasteiger partial charge in [-0.15, -0.1) is 0 Å². The summed E-state index contributed by atoms with van der Waals surface area (Å²) < 4.78 is 13.0. The van der Waals surface area contributed by atoms with E-state index in [0.717, 1.165) is 0 Å². The lowest BCUT2D eigenvalue weighted by atomic mass is 10.3. The molecule has 1 aromatic carbocycles. The Morgan fingerprint density at radius 3 is 2.67 bits per heavy atom. The fourth-order valence-electron chi connectivity index (χ4n) is 1.35. The molecule has 0 bridgehead atoms. The third-order valence-electron chi connectivity index (χ3n) is 2.29. The van der Waals surface area contributed by atoms with Gasteiger partial charge in [-0.25, -0.2) is 9.37 Å². The van der Waals surface area contributed by atoms with Crippen molar-refractivity contribution in [2.24, 2.45) is 0 Å². The molecule has 1 heterocycles. The molecule has 0 atom stereocenters. The van der Waals surface area contributed by atoms with Gasteiger partial charge in [0, 0.05) is 5.69 Å². The van der Waals surface area contributed by atoms with E-state index in [1.54, 1.807) is 6.92 Å². The molecule has 94 valence electrons. The summed E-state index contributed by atoms with van der Waals surface area (Å²) in [6, 6.07) is 4.20. The Morgan fingerprint density at radius 2 is 2.00 bits per heavy atom. The van der Waals surface area contributed by atoms with E-state index in [4.69, 9.17) is 28.9 Å². The zero-order valence-corrected chi connectivity index (χ0v) is 10.8. The molecule has 0 aliphatic rings. The van der Waals surface area contributed by atoms with Gasteiger partial charge in [0.2, 0.25) is 5.28 Å². The third-order valence-corrected chi connectivity index (χ3v) is 2.75. The summed E-state index contributed by atoms with van der Waals surface area (Å²) in [5, 5.41) is 3.00. The second-order valence-corrected chi connectivity index (χ2v) is 4.34. The average Bonchev–Trinajstić information content (AvgIpc) is 2.30. The predicted molar refractivity (Wildman–Crippen MR) is 70.9 cm³/mol. The van der Waals surface area contributed by atoms with E-state index >= 15 is 0 Å². The maximum atomic E-state index is 13.0. The van der Waals surface area contributed by atoms with Crippen molar-refractivity contribution in [3.8, 4) is 0 Å². The van der Waals surface area contributed by atoms with Gasteiger partial charge in [-0.3, -0.25) is 0 Å². The van der Waals surface area contributed by atoms with Crippen molar-refractivity contribution in [3.63, 3.8) is 0 Å². The third kappa shape index (κ3) is 2.63.